The molecule has 0 aromatic carbocycles. The smallest absolute Gasteiger partial charge is 0.372 e. The Morgan fingerprint density at radius 3 is 2.93 bits per heavy atom. The molecule has 1 aliphatic rings. The van der Waals surface area contributed by atoms with Crippen LogP contribution >= 0.6 is 0 Å². The average Bonchev–Trinajstić information content (AvgIpc) is 2.19. The van der Waals surface area contributed by atoms with Gasteiger partial charge in [-0.1, -0.05) is 12.2 Å². The molecule has 0 bridgehead atoms. The monoisotopic (exact) mass is 196 g/mol. The molecular weight excluding hydrogens is 180 g/mol. The lowest BCUT2D eigenvalue weighted by atomic mass is 10.1. The number of ether oxygens (including phenoxy) is 2. The quantitative estimate of drug-likeness (QED) is 0.299. The predicted octanol–water partition coefficient (Wildman–Crippen LogP) is 2.19. The van der Waals surface area contributed by atoms with Gasteiger partial charge in [0.15, 0.2) is 5.76 Å². The van der Waals surface area contributed by atoms with Gasteiger partial charge in [0, 0.05) is 6.42 Å². The zero-order valence-electron chi connectivity index (χ0n) is 8.49. The van der Waals surface area contributed by atoms with Gasteiger partial charge in [0.2, 0.25) is 0 Å². The van der Waals surface area contributed by atoms with E-state index in [2.05, 4.69) is 18.7 Å². The second-order valence-electron chi connectivity index (χ2n) is 3.17. The van der Waals surface area contributed by atoms with E-state index in [4.69, 9.17) is 9.47 Å². The number of hydrogen-bond donors (Lipinski definition) is 0. The van der Waals surface area contributed by atoms with Gasteiger partial charge in [0.1, 0.15) is 6.10 Å². The van der Waals surface area contributed by atoms with E-state index < -0.39 is 5.97 Å². The first-order chi connectivity index (χ1) is 6.74. The van der Waals surface area contributed by atoms with Crippen molar-refractivity contribution >= 4 is 5.97 Å². The highest BCUT2D eigenvalue weighted by molar-refractivity contribution is 5.85. The molecule has 1 atom stereocenters. The van der Waals surface area contributed by atoms with Crippen LogP contribution in [-0.2, 0) is 14.3 Å². The standard InChI is InChI=1S/C11H16O3/c1-3-13-11(12)9(2)14-10-7-5-4-6-8-10/h4-5,10H,2-3,6-8H2,1H3. The summed E-state index contributed by atoms with van der Waals surface area (Å²) in [6.45, 7) is 5.66. The van der Waals surface area contributed by atoms with Crippen LogP contribution in [0.3, 0.4) is 0 Å². The van der Waals surface area contributed by atoms with Crippen molar-refractivity contribution in [2.75, 3.05) is 6.61 Å². The van der Waals surface area contributed by atoms with Crippen molar-refractivity contribution in [2.24, 2.45) is 0 Å². The number of esters is 1. The Bertz CT molecular complexity index is 243. The van der Waals surface area contributed by atoms with Crippen molar-refractivity contribution in [2.45, 2.75) is 32.3 Å². The molecule has 0 heterocycles. The summed E-state index contributed by atoms with van der Waals surface area (Å²) in [5.74, 6) is -0.339. The minimum Gasteiger partial charge on any atom is -0.483 e. The third kappa shape index (κ3) is 3.24. The molecule has 3 heteroatoms. The number of allylic oxidation sites excluding steroid dienone is 1. The Morgan fingerprint density at radius 1 is 1.57 bits per heavy atom. The summed E-state index contributed by atoms with van der Waals surface area (Å²) in [5.41, 5.74) is 0. The van der Waals surface area contributed by atoms with Gasteiger partial charge in [0.05, 0.1) is 6.61 Å². The Labute approximate surface area is 84.4 Å². The van der Waals surface area contributed by atoms with Crippen LogP contribution in [0.15, 0.2) is 24.5 Å². The average molecular weight is 196 g/mol. The number of rotatable bonds is 4. The number of hydrogen-bond acceptors (Lipinski definition) is 3. The molecule has 0 spiro atoms. The predicted molar refractivity (Wildman–Crippen MR) is 53.6 cm³/mol. The molecule has 14 heavy (non-hydrogen) atoms. The fourth-order valence-electron chi connectivity index (χ4n) is 1.33. The van der Waals surface area contributed by atoms with Crippen molar-refractivity contribution in [1.29, 1.82) is 0 Å². The van der Waals surface area contributed by atoms with Crippen LogP contribution in [0.4, 0.5) is 0 Å². The lowest BCUT2D eigenvalue weighted by molar-refractivity contribution is -0.143. The molecule has 0 fully saturated rings. The van der Waals surface area contributed by atoms with Gasteiger partial charge in [-0.05, 0) is 26.3 Å². The van der Waals surface area contributed by atoms with Gasteiger partial charge in [0.25, 0.3) is 0 Å². The minimum atomic E-state index is -0.456. The molecule has 0 aromatic heterocycles. The normalized spacial score (nSPS) is 20.2. The van der Waals surface area contributed by atoms with Crippen LogP contribution in [-0.4, -0.2) is 18.7 Å². The summed E-state index contributed by atoms with van der Waals surface area (Å²) in [6.07, 6.45) is 7.05. The van der Waals surface area contributed by atoms with Crippen LogP contribution in [0.25, 0.3) is 0 Å². The van der Waals surface area contributed by atoms with Gasteiger partial charge in [-0.2, -0.15) is 0 Å². The van der Waals surface area contributed by atoms with E-state index in [9.17, 15) is 4.79 Å². The molecule has 1 rings (SSSR count). The Kier molecular flexibility index (Phi) is 4.23. The molecule has 0 saturated carbocycles. The molecule has 0 aliphatic heterocycles. The lowest BCUT2D eigenvalue weighted by Crippen LogP contribution is -2.18. The second-order valence-corrected chi connectivity index (χ2v) is 3.17. The minimum absolute atomic E-state index is 0.0805. The Balaban J connectivity index is 2.32. The van der Waals surface area contributed by atoms with E-state index >= 15 is 0 Å². The molecule has 3 nitrogen and oxygen atoms in total. The first kappa shape index (κ1) is 10.8. The summed E-state index contributed by atoms with van der Waals surface area (Å²) in [6, 6.07) is 0. The van der Waals surface area contributed by atoms with Crippen LogP contribution in [0.5, 0.6) is 0 Å². The van der Waals surface area contributed by atoms with Crippen LogP contribution in [0.1, 0.15) is 26.2 Å². The lowest BCUT2D eigenvalue weighted by Gasteiger charge is -2.20. The van der Waals surface area contributed by atoms with Crippen molar-refractivity contribution in [3.63, 3.8) is 0 Å². The molecule has 0 radical (unpaired) electrons. The maximum Gasteiger partial charge on any atom is 0.372 e. The maximum absolute atomic E-state index is 11.2. The van der Waals surface area contributed by atoms with Gasteiger partial charge in [-0.25, -0.2) is 4.79 Å². The van der Waals surface area contributed by atoms with Gasteiger partial charge in [-0.15, -0.1) is 0 Å². The van der Waals surface area contributed by atoms with E-state index in [0.717, 1.165) is 19.3 Å². The summed E-state index contributed by atoms with van der Waals surface area (Å²) in [4.78, 5) is 11.2. The highest BCUT2D eigenvalue weighted by Crippen LogP contribution is 2.17. The fraction of sp³-hybridized carbons (Fsp3) is 0.545. The van der Waals surface area contributed by atoms with E-state index in [-0.39, 0.29) is 11.9 Å². The van der Waals surface area contributed by atoms with Crippen molar-refractivity contribution < 1.29 is 14.3 Å². The number of carbonyl (C=O) groups is 1. The summed E-state index contributed by atoms with van der Waals surface area (Å²) < 4.78 is 10.1. The molecule has 0 saturated heterocycles. The van der Waals surface area contributed by atoms with Crippen LogP contribution < -0.4 is 0 Å². The molecule has 0 aromatic rings. The van der Waals surface area contributed by atoms with E-state index in [1.54, 1.807) is 6.92 Å². The Hall–Kier alpha value is -1.25. The van der Waals surface area contributed by atoms with Crippen LogP contribution in [0, 0.1) is 0 Å². The first-order valence-electron chi connectivity index (χ1n) is 4.91. The second kappa shape index (κ2) is 5.47. The highest BCUT2D eigenvalue weighted by atomic mass is 16.6. The highest BCUT2D eigenvalue weighted by Gasteiger charge is 2.16. The molecule has 1 unspecified atom stereocenters. The fourth-order valence-corrected chi connectivity index (χ4v) is 1.33. The molecular formula is C11H16O3. The molecule has 0 N–H and O–H groups in total. The zero-order chi connectivity index (χ0) is 10.4. The van der Waals surface area contributed by atoms with Crippen molar-refractivity contribution in [3.05, 3.63) is 24.5 Å². The van der Waals surface area contributed by atoms with Crippen molar-refractivity contribution in [1.82, 2.24) is 0 Å². The third-order valence-corrected chi connectivity index (χ3v) is 2.03. The molecule has 0 amide bonds. The van der Waals surface area contributed by atoms with Crippen molar-refractivity contribution in [3.8, 4) is 0 Å². The van der Waals surface area contributed by atoms with Gasteiger partial charge in [-0.3, -0.25) is 0 Å². The van der Waals surface area contributed by atoms with Gasteiger partial charge >= 0.3 is 5.97 Å². The zero-order valence-corrected chi connectivity index (χ0v) is 8.49. The Morgan fingerprint density at radius 2 is 2.36 bits per heavy atom. The molecule has 1 aliphatic carbocycles. The third-order valence-electron chi connectivity index (χ3n) is 2.03. The summed E-state index contributed by atoms with van der Waals surface area (Å²) in [7, 11) is 0. The van der Waals surface area contributed by atoms with Crippen LogP contribution in [0.2, 0.25) is 0 Å². The molecule has 78 valence electrons. The van der Waals surface area contributed by atoms with Gasteiger partial charge < -0.3 is 9.47 Å². The topological polar surface area (TPSA) is 35.5 Å². The van der Waals surface area contributed by atoms with E-state index in [1.165, 1.54) is 0 Å². The summed E-state index contributed by atoms with van der Waals surface area (Å²) in [5, 5.41) is 0. The SMILES string of the molecule is C=C(OC1CC=CCC1)C(=O)OCC. The first-order valence-corrected chi connectivity index (χ1v) is 4.91. The maximum atomic E-state index is 11.2. The van der Waals surface area contributed by atoms with E-state index in [0.29, 0.717) is 6.61 Å². The van der Waals surface area contributed by atoms with E-state index in [1.807, 2.05) is 0 Å². The summed E-state index contributed by atoms with van der Waals surface area (Å²) >= 11 is 0. The largest absolute Gasteiger partial charge is 0.483 e. The number of carbonyl (C=O) groups excluding carboxylic acids is 1.